The van der Waals surface area contributed by atoms with Gasteiger partial charge in [-0.05, 0) is 114 Å². The van der Waals surface area contributed by atoms with E-state index in [4.69, 9.17) is 18.3 Å². The van der Waals surface area contributed by atoms with Crippen LogP contribution in [-0.2, 0) is 37.1 Å². The number of nitrogens with one attached hydrogen (secondary N) is 2. The zero-order chi connectivity index (χ0) is 47.6. The van der Waals surface area contributed by atoms with Gasteiger partial charge in [0.05, 0.1) is 37.3 Å². The number of benzene rings is 2. The summed E-state index contributed by atoms with van der Waals surface area (Å²) in [5, 5.41) is 13.5. The minimum Gasteiger partial charge on any atom is -0.441 e. The number of carbonyl (C=O) groups excluding carboxylic acids is 5. The molecule has 2 aromatic heterocycles. The Hall–Kier alpha value is -4.01. The fraction of sp³-hybridized carbons (Fsp3) is 0.520. The van der Waals surface area contributed by atoms with Crippen molar-refractivity contribution in [3.05, 3.63) is 89.5 Å². The van der Waals surface area contributed by atoms with E-state index >= 15 is 0 Å². The fourth-order valence-corrected chi connectivity index (χ4v) is 9.42. The molecular weight excluding hydrogens is 888 g/mol. The number of hydrogen-bond acceptors (Lipinski definition) is 14. The molecule has 4 aromatic rings. The number of aliphatic hydroxyl groups is 1. The molecular formula is C50H65LiN4O10S2. The molecule has 4 aliphatic rings. The molecule has 2 saturated carbocycles. The SMILES string of the molecule is Cc1cccc(-c2nc(COC3CCCC(CC(O)C4SC(=O)NC4=O)C3)c(C)o2)c1.Cc1cccc(-c2nc(COC3CCCC(CC=O)C3)c(C)o2)c1.O=C1CSC(=O)N1.[CH2-]CCC.[Li+]. The van der Waals surface area contributed by atoms with E-state index in [2.05, 4.69) is 53.5 Å². The fourth-order valence-electron chi connectivity index (χ4n) is 8.08. The van der Waals surface area contributed by atoms with E-state index in [1.807, 2.05) is 57.2 Å². The van der Waals surface area contributed by atoms with Crippen LogP contribution in [0.2, 0.25) is 0 Å². The van der Waals surface area contributed by atoms with Gasteiger partial charge in [-0.15, -0.1) is 0 Å². The summed E-state index contributed by atoms with van der Waals surface area (Å²) in [6, 6.07) is 16.2. The van der Waals surface area contributed by atoms with Gasteiger partial charge in [-0.25, -0.2) is 9.97 Å². The Morgan fingerprint density at radius 2 is 1.33 bits per heavy atom. The molecule has 0 radical (unpaired) electrons. The van der Waals surface area contributed by atoms with E-state index in [9.17, 15) is 29.1 Å². The van der Waals surface area contributed by atoms with Crippen molar-refractivity contribution in [3.8, 4) is 22.9 Å². The van der Waals surface area contributed by atoms with E-state index in [0.717, 1.165) is 127 Å². The molecule has 0 spiro atoms. The van der Waals surface area contributed by atoms with Crippen molar-refractivity contribution < 1.29 is 66.2 Å². The molecule has 358 valence electrons. The van der Waals surface area contributed by atoms with Crippen LogP contribution in [0.25, 0.3) is 22.9 Å². The zero-order valence-electron chi connectivity index (χ0n) is 39.8. The summed E-state index contributed by atoms with van der Waals surface area (Å²) in [7, 11) is 0. The van der Waals surface area contributed by atoms with Crippen molar-refractivity contribution in [2.24, 2.45) is 11.8 Å². The summed E-state index contributed by atoms with van der Waals surface area (Å²) in [4.78, 5) is 63.3. The Labute approximate surface area is 415 Å². The average molecular weight is 953 g/mol. The van der Waals surface area contributed by atoms with E-state index in [-0.39, 0.29) is 53.4 Å². The van der Waals surface area contributed by atoms with Gasteiger partial charge in [0, 0.05) is 17.5 Å². The summed E-state index contributed by atoms with van der Waals surface area (Å²) in [6.07, 6.45) is 12.0. The average Bonchev–Trinajstić information content (AvgIpc) is 4.08. The molecule has 0 bridgehead atoms. The molecule has 6 atom stereocenters. The largest absolute Gasteiger partial charge is 1.00 e. The Kier molecular flexibility index (Phi) is 23.6. The molecule has 4 amide bonds. The van der Waals surface area contributed by atoms with Gasteiger partial charge in [0.15, 0.2) is 0 Å². The van der Waals surface area contributed by atoms with Crippen LogP contribution in [0.3, 0.4) is 0 Å². The molecule has 14 nitrogen and oxygen atoms in total. The Balaban J connectivity index is 0.000000240. The van der Waals surface area contributed by atoms with Crippen LogP contribution >= 0.6 is 23.5 Å². The van der Waals surface area contributed by atoms with Crippen LogP contribution in [0.4, 0.5) is 9.59 Å². The molecule has 2 saturated heterocycles. The number of aryl methyl sites for hydroxylation is 4. The maximum atomic E-state index is 11.8. The first-order valence-corrected chi connectivity index (χ1v) is 24.8. The number of amides is 4. The molecule has 17 heteroatoms. The van der Waals surface area contributed by atoms with Crippen molar-refractivity contribution in [2.45, 2.75) is 148 Å². The number of thioether (sulfide) groups is 2. The maximum Gasteiger partial charge on any atom is 1.00 e. The van der Waals surface area contributed by atoms with Crippen LogP contribution in [0.15, 0.2) is 57.4 Å². The number of rotatable bonds is 14. The molecule has 8 rings (SSSR count). The van der Waals surface area contributed by atoms with Crippen LogP contribution in [-0.4, -0.2) is 73.0 Å². The summed E-state index contributed by atoms with van der Waals surface area (Å²) in [5.74, 6) is 3.27. The number of carbonyl (C=O) groups is 5. The number of nitrogens with zero attached hydrogens (tertiary/aromatic N) is 2. The number of aliphatic hydroxyl groups excluding tert-OH is 1. The Morgan fingerprint density at radius 1 is 0.806 bits per heavy atom. The first-order valence-electron chi connectivity index (χ1n) is 22.9. The summed E-state index contributed by atoms with van der Waals surface area (Å²) in [6.45, 7) is 14.5. The summed E-state index contributed by atoms with van der Waals surface area (Å²) >= 11 is 1.89. The quantitative estimate of drug-likeness (QED) is 0.0644. The van der Waals surface area contributed by atoms with Gasteiger partial charge in [0.2, 0.25) is 23.6 Å². The molecule has 2 aromatic carbocycles. The van der Waals surface area contributed by atoms with Crippen molar-refractivity contribution >= 4 is 52.1 Å². The maximum absolute atomic E-state index is 11.8. The van der Waals surface area contributed by atoms with E-state index in [1.165, 1.54) is 12.0 Å². The van der Waals surface area contributed by atoms with Gasteiger partial charge in [0.1, 0.15) is 34.4 Å². The first kappa shape index (κ1) is 55.6. The topological polar surface area (TPSA) is 200 Å². The minimum atomic E-state index is -0.824. The van der Waals surface area contributed by atoms with Crippen molar-refractivity contribution in [2.75, 3.05) is 5.75 Å². The van der Waals surface area contributed by atoms with E-state index in [0.29, 0.717) is 49.5 Å². The van der Waals surface area contributed by atoms with Gasteiger partial charge in [-0.1, -0.05) is 79.8 Å². The molecule has 2 aliphatic carbocycles. The van der Waals surface area contributed by atoms with Gasteiger partial charge in [-0.2, -0.15) is 6.42 Å². The van der Waals surface area contributed by atoms with Gasteiger partial charge in [0.25, 0.3) is 10.5 Å². The zero-order valence-corrected chi connectivity index (χ0v) is 41.4. The standard InChI is InChI=1S/C23H28N2O5S.C20H25NO3.C4H9.C3H3NO2S.Li/c1-13-5-3-7-16(9-13)22-24-18(14(2)30-22)12-29-17-8-4-6-15(10-17)11-19(26)20-21(27)25-23(28)31-20;1-14-5-3-7-17(11-14)20-21-19(15(2)24-20)13-23-18-8-4-6-16(12-18)9-10-22;1-3-4-2;5-2-1-7-3(6)4-2;/h3,5,7,9,15,17,19-20,26H,4,6,8,10-12H2,1-2H3,(H,25,27,28);3,5,7,10-11,16,18H,4,6,8-9,12-13H2,1-2H3;1,3-4H2,2H3;1H2,(H,4,5,6);/q;;-1;;+1. The smallest absolute Gasteiger partial charge is 0.441 e. The first-order chi connectivity index (χ1) is 31.7. The Bertz CT molecular complexity index is 2220. The molecule has 4 fully saturated rings. The predicted octanol–water partition coefficient (Wildman–Crippen LogP) is 7.35. The van der Waals surface area contributed by atoms with Gasteiger partial charge in [-0.3, -0.25) is 29.8 Å². The van der Waals surface area contributed by atoms with Crippen LogP contribution in [0.5, 0.6) is 0 Å². The van der Waals surface area contributed by atoms with Crippen molar-refractivity contribution in [1.29, 1.82) is 0 Å². The third kappa shape index (κ3) is 18.1. The molecule has 67 heavy (non-hydrogen) atoms. The number of unbranched alkanes of at least 4 members (excludes halogenated alkanes) is 1. The van der Waals surface area contributed by atoms with Crippen LogP contribution in [0.1, 0.15) is 118 Å². The number of aromatic nitrogens is 2. The molecule has 3 N–H and O–H groups in total. The third-order valence-electron chi connectivity index (χ3n) is 11.7. The predicted molar refractivity (Wildman–Crippen MR) is 256 cm³/mol. The Morgan fingerprint density at radius 3 is 1.75 bits per heavy atom. The summed E-state index contributed by atoms with van der Waals surface area (Å²) < 4.78 is 23.9. The second-order valence-corrected chi connectivity index (χ2v) is 19.3. The molecule has 6 unspecified atom stereocenters. The third-order valence-corrected chi connectivity index (χ3v) is 13.6. The minimum absolute atomic E-state index is 0. The normalized spacial score (nSPS) is 21.6. The number of imide groups is 2. The summed E-state index contributed by atoms with van der Waals surface area (Å²) in [5.41, 5.74) is 5.95. The second-order valence-electron chi connectivity index (χ2n) is 17.2. The number of aldehydes is 1. The van der Waals surface area contributed by atoms with Crippen LogP contribution in [0, 0.1) is 46.5 Å². The number of oxazole rings is 2. The van der Waals surface area contributed by atoms with Crippen molar-refractivity contribution in [1.82, 2.24) is 20.6 Å². The van der Waals surface area contributed by atoms with E-state index < -0.39 is 17.3 Å². The molecule has 4 heterocycles. The number of ether oxygens (including phenoxy) is 2. The van der Waals surface area contributed by atoms with Gasteiger partial charge >= 0.3 is 18.9 Å². The monoisotopic (exact) mass is 952 g/mol. The molecule has 2 aliphatic heterocycles. The number of hydrogen-bond donors (Lipinski definition) is 3. The second kappa shape index (κ2) is 28.5. The van der Waals surface area contributed by atoms with Crippen LogP contribution < -0.4 is 29.5 Å². The van der Waals surface area contributed by atoms with E-state index in [1.54, 1.807) is 0 Å². The van der Waals surface area contributed by atoms with Gasteiger partial charge < -0.3 is 35.1 Å². The van der Waals surface area contributed by atoms with Crippen molar-refractivity contribution in [3.63, 3.8) is 0 Å².